The van der Waals surface area contributed by atoms with Crippen molar-refractivity contribution in [2.45, 2.75) is 31.3 Å². The molecule has 3 saturated heterocycles. The van der Waals surface area contributed by atoms with Crippen LogP contribution in [0.1, 0.15) is 25.7 Å². The van der Waals surface area contributed by atoms with E-state index in [2.05, 4.69) is 0 Å². The van der Waals surface area contributed by atoms with Gasteiger partial charge in [0.05, 0.1) is 25.4 Å². The average Bonchev–Trinajstić information content (AvgIpc) is 2.87. The Hall–Kier alpha value is -0.980. The first kappa shape index (κ1) is 14.0. The first-order valence-electron chi connectivity index (χ1n) is 7.15. The van der Waals surface area contributed by atoms with E-state index in [4.69, 9.17) is 14.2 Å². The van der Waals surface area contributed by atoms with Gasteiger partial charge in [-0.05, 0) is 18.8 Å². The number of ketones is 1. The third-order valence-corrected chi connectivity index (χ3v) is 4.94. The van der Waals surface area contributed by atoms with Gasteiger partial charge in [-0.2, -0.15) is 0 Å². The second-order valence-electron chi connectivity index (χ2n) is 6.03. The summed E-state index contributed by atoms with van der Waals surface area (Å²) in [5.41, 5.74) is -1.79. The lowest BCUT2D eigenvalue weighted by Gasteiger charge is -2.45. The van der Waals surface area contributed by atoms with Gasteiger partial charge in [0.15, 0.2) is 11.2 Å². The lowest BCUT2D eigenvalue weighted by atomic mass is 9.65. The van der Waals surface area contributed by atoms with Crippen LogP contribution in [0.5, 0.6) is 0 Å². The monoisotopic (exact) mass is 284 g/mol. The van der Waals surface area contributed by atoms with Crippen LogP contribution in [0, 0.1) is 11.3 Å². The first-order valence-corrected chi connectivity index (χ1v) is 7.15. The molecule has 3 aliphatic heterocycles. The second-order valence-corrected chi connectivity index (χ2v) is 6.03. The van der Waals surface area contributed by atoms with Gasteiger partial charge in [-0.25, -0.2) is 0 Å². The van der Waals surface area contributed by atoms with Gasteiger partial charge in [-0.1, -0.05) is 0 Å². The summed E-state index contributed by atoms with van der Waals surface area (Å²) in [6.07, 6.45) is 2.11. The van der Waals surface area contributed by atoms with Gasteiger partial charge in [0.2, 0.25) is 0 Å². The fraction of sp³-hybridized carbons (Fsp3) is 0.857. The van der Waals surface area contributed by atoms with Gasteiger partial charge < -0.3 is 19.3 Å². The molecule has 1 N–H and O–H groups in total. The highest BCUT2D eigenvalue weighted by molar-refractivity contribution is 6.04. The van der Waals surface area contributed by atoms with Crippen molar-refractivity contribution in [3.63, 3.8) is 0 Å². The quantitative estimate of drug-likeness (QED) is 0.749. The van der Waals surface area contributed by atoms with E-state index >= 15 is 0 Å². The van der Waals surface area contributed by atoms with E-state index < -0.39 is 17.0 Å². The number of Topliss-reactive ketones (excluding diaryl/α,β-unsaturated/α-hetero) is 1. The Kier molecular flexibility index (Phi) is 3.56. The summed E-state index contributed by atoms with van der Waals surface area (Å²) in [6.45, 7) is 1.93. The molecule has 0 saturated carbocycles. The molecule has 1 spiro atoms. The molecule has 3 aliphatic rings. The standard InChI is InChI=1S/C14H20O6/c15-11-2-4-18-9-14(11,12(16)17)10-1-5-20-13(7-10)3-6-19-8-13/h10H,1-9H2,(H,16,17). The molecule has 0 aromatic rings. The SMILES string of the molecule is O=C(O)C1(C2CCOC3(CCOC3)C2)COCCC1=O. The van der Waals surface area contributed by atoms with E-state index in [9.17, 15) is 14.7 Å². The normalized spacial score (nSPS) is 42.0. The minimum absolute atomic E-state index is 0.0111. The van der Waals surface area contributed by atoms with Gasteiger partial charge in [0, 0.05) is 26.1 Å². The van der Waals surface area contributed by atoms with E-state index in [0.717, 1.165) is 6.42 Å². The number of aliphatic carboxylic acids is 1. The fourth-order valence-electron chi connectivity index (χ4n) is 3.71. The van der Waals surface area contributed by atoms with Crippen LogP contribution in [0.2, 0.25) is 0 Å². The molecule has 112 valence electrons. The largest absolute Gasteiger partial charge is 0.480 e. The van der Waals surface area contributed by atoms with Crippen molar-refractivity contribution in [3.8, 4) is 0 Å². The lowest BCUT2D eigenvalue weighted by Crippen LogP contribution is -2.56. The summed E-state index contributed by atoms with van der Waals surface area (Å²) < 4.78 is 16.6. The van der Waals surface area contributed by atoms with Gasteiger partial charge in [0.25, 0.3) is 0 Å². The molecular formula is C14H20O6. The van der Waals surface area contributed by atoms with Crippen LogP contribution in [0.25, 0.3) is 0 Å². The van der Waals surface area contributed by atoms with Crippen LogP contribution < -0.4 is 0 Å². The third-order valence-electron chi connectivity index (χ3n) is 4.94. The Bertz CT molecular complexity index is 414. The summed E-state index contributed by atoms with van der Waals surface area (Å²) in [6, 6.07) is 0. The number of ether oxygens (including phenoxy) is 3. The predicted octanol–water partition coefficient (Wildman–Crippen LogP) is 0.633. The van der Waals surface area contributed by atoms with Gasteiger partial charge in [-0.3, -0.25) is 9.59 Å². The molecular weight excluding hydrogens is 264 g/mol. The van der Waals surface area contributed by atoms with Crippen molar-refractivity contribution in [3.05, 3.63) is 0 Å². The first-order chi connectivity index (χ1) is 9.59. The third kappa shape index (κ3) is 2.06. The maximum absolute atomic E-state index is 12.3. The molecule has 0 aromatic heterocycles. The van der Waals surface area contributed by atoms with E-state index in [1.807, 2.05) is 0 Å². The second kappa shape index (κ2) is 5.09. The molecule has 0 bridgehead atoms. The Labute approximate surface area is 117 Å². The highest BCUT2D eigenvalue weighted by Gasteiger charge is 2.57. The van der Waals surface area contributed by atoms with E-state index in [1.165, 1.54) is 0 Å². The van der Waals surface area contributed by atoms with E-state index in [0.29, 0.717) is 39.3 Å². The molecule has 6 nitrogen and oxygen atoms in total. The van der Waals surface area contributed by atoms with Gasteiger partial charge in [-0.15, -0.1) is 0 Å². The number of carbonyl (C=O) groups is 2. The van der Waals surface area contributed by atoms with Crippen molar-refractivity contribution < 1.29 is 28.9 Å². The number of hydrogen-bond donors (Lipinski definition) is 1. The summed E-state index contributed by atoms with van der Waals surface area (Å²) >= 11 is 0. The van der Waals surface area contributed by atoms with Crippen molar-refractivity contribution in [1.82, 2.24) is 0 Å². The zero-order chi connectivity index (χ0) is 14.2. The Morgan fingerprint density at radius 1 is 1.20 bits per heavy atom. The number of carboxylic acids is 1. The molecule has 3 atom stereocenters. The van der Waals surface area contributed by atoms with Gasteiger partial charge >= 0.3 is 5.97 Å². The van der Waals surface area contributed by atoms with Crippen molar-refractivity contribution in [2.24, 2.45) is 11.3 Å². The molecule has 3 heterocycles. The minimum atomic E-state index is -1.39. The van der Waals surface area contributed by atoms with Crippen LogP contribution >= 0.6 is 0 Å². The Morgan fingerprint density at radius 2 is 2.00 bits per heavy atom. The van der Waals surface area contributed by atoms with Crippen LogP contribution in [-0.2, 0) is 23.8 Å². The van der Waals surface area contributed by atoms with Gasteiger partial charge in [0.1, 0.15) is 0 Å². The molecule has 0 amide bonds. The maximum Gasteiger partial charge on any atom is 0.319 e. The van der Waals surface area contributed by atoms with Crippen LogP contribution in [0.15, 0.2) is 0 Å². The van der Waals surface area contributed by atoms with Crippen LogP contribution in [0.4, 0.5) is 0 Å². The number of carbonyl (C=O) groups excluding carboxylic acids is 1. The highest BCUT2D eigenvalue weighted by atomic mass is 16.6. The molecule has 0 aromatic carbocycles. The molecule has 3 unspecified atom stereocenters. The summed E-state index contributed by atoms with van der Waals surface area (Å²) in [5, 5.41) is 9.67. The van der Waals surface area contributed by atoms with Crippen LogP contribution in [-0.4, -0.2) is 55.5 Å². The van der Waals surface area contributed by atoms with Crippen molar-refractivity contribution in [2.75, 3.05) is 33.0 Å². The molecule has 6 heteroatoms. The fourth-order valence-corrected chi connectivity index (χ4v) is 3.71. The number of rotatable bonds is 2. The Morgan fingerprint density at radius 3 is 2.65 bits per heavy atom. The zero-order valence-electron chi connectivity index (χ0n) is 11.4. The van der Waals surface area contributed by atoms with E-state index in [1.54, 1.807) is 0 Å². The van der Waals surface area contributed by atoms with Crippen LogP contribution in [0.3, 0.4) is 0 Å². The number of hydrogen-bond acceptors (Lipinski definition) is 5. The summed E-state index contributed by atoms with van der Waals surface area (Å²) in [5.74, 6) is -1.48. The Balaban J connectivity index is 1.87. The molecule has 0 aliphatic carbocycles. The maximum atomic E-state index is 12.3. The zero-order valence-corrected chi connectivity index (χ0v) is 11.4. The average molecular weight is 284 g/mol. The molecule has 20 heavy (non-hydrogen) atoms. The highest BCUT2D eigenvalue weighted by Crippen LogP contribution is 2.46. The van der Waals surface area contributed by atoms with E-state index in [-0.39, 0.29) is 24.7 Å². The molecule has 0 radical (unpaired) electrons. The lowest BCUT2D eigenvalue weighted by molar-refractivity contribution is -0.181. The summed E-state index contributed by atoms with van der Waals surface area (Å²) in [4.78, 5) is 24.1. The summed E-state index contributed by atoms with van der Waals surface area (Å²) in [7, 11) is 0. The molecule has 3 rings (SSSR count). The minimum Gasteiger partial charge on any atom is -0.480 e. The molecule has 3 fully saturated rings. The van der Waals surface area contributed by atoms with Crippen molar-refractivity contribution in [1.29, 1.82) is 0 Å². The smallest absolute Gasteiger partial charge is 0.319 e. The number of carboxylic acid groups (broad SMARTS) is 1. The van der Waals surface area contributed by atoms with Crippen molar-refractivity contribution >= 4 is 11.8 Å². The topological polar surface area (TPSA) is 82.1 Å². The predicted molar refractivity (Wildman–Crippen MR) is 67.4 cm³/mol.